The second kappa shape index (κ2) is 7.00. The van der Waals surface area contributed by atoms with Crippen LogP contribution >= 0.6 is 0 Å². The largest absolute Gasteiger partial charge is 0.497 e. The van der Waals surface area contributed by atoms with Crippen LogP contribution in [-0.2, 0) is 6.54 Å². The molecule has 2 N–H and O–H groups in total. The van der Waals surface area contributed by atoms with Crippen LogP contribution in [0.1, 0.15) is 27.2 Å². The van der Waals surface area contributed by atoms with Gasteiger partial charge in [-0.05, 0) is 37.6 Å². The Labute approximate surface area is 134 Å². The summed E-state index contributed by atoms with van der Waals surface area (Å²) in [5.74, 6) is 0.699. The molecule has 0 fully saturated rings. The third-order valence-corrected chi connectivity index (χ3v) is 3.57. The molecule has 0 saturated heterocycles. The molecular weight excluding hydrogens is 296 g/mol. The van der Waals surface area contributed by atoms with Gasteiger partial charge in [-0.15, -0.1) is 0 Å². The van der Waals surface area contributed by atoms with E-state index in [1.807, 2.05) is 19.9 Å². The molecule has 1 aromatic carbocycles. The van der Waals surface area contributed by atoms with E-state index in [1.165, 1.54) is 7.11 Å². The van der Waals surface area contributed by atoms with Crippen molar-refractivity contribution < 1.29 is 14.3 Å². The summed E-state index contributed by atoms with van der Waals surface area (Å²) in [4.78, 5) is 27.0. The monoisotopic (exact) mass is 316 g/mol. The van der Waals surface area contributed by atoms with Crippen LogP contribution in [0.2, 0.25) is 0 Å². The summed E-state index contributed by atoms with van der Waals surface area (Å²) in [5.41, 5.74) is 2.36. The molecule has 0 bridgehead atoms. The number of H-pyrrole nitrogens is 1. The second-order valence-corrected chi connectivity index (χ2v) is 5.19. The minimum atomic E-state index is -0.316. The molecule has 0 spiro atoms. The minimum absolute atomic E-state index is 0.148. The van der Waals surface area contributed by atoms with Crippen LogP contribution in [0.25, 0.3) is 0 Å². The number of rotatable bonds is 5. The number of hydrogen-bond donors (Lipinski definition) is 2. The van der Waals surface area contributed by atoms with Crippen molar-refractivity contribution in [3.63, 3.8) is 0 Å². The average molecular weight is 316 g/mol. The SMILES string of the molecule is COc1ccc(C(=O)NCc2c(C)cc(C)[nH]c2=O)c(OC)c1. The number of pyridine rings is 1. The lowest BCUT2D eigenvalue weighted by atomic mass is 10.1. The first kappa shape index (κ1) is 16.6. The Morgan fingerprint density at radius 1 is 1.17 bits per heavy atom. The average Bonchev–Trinajstić information content (AvgIpc) is 2.52. The molecule has 0 aliphatic heterocycles. The smallest absolute Gasteiger partial charge is 0.255 e. The van der Waals surface area contributed by atoms with Crippen molar-refractivity contribution in [1.29, 1.82) is 0 Å². The Morgan fingerprint density at radius 2 is 1.91 bits per heavy atom. The van der Waals surface area contributed by atoms with Crippen LogP contribution in [0.5, 0.6) is 11.5 Å². The highest BCUT2D eigenvalue weighted by molar-refractivity contribution is 5.97. The number of aromatic amines is 1. The van der Waals surface area contributed by atoms with Gasteiger partial charge < -0.3 is 19.8 Å². The van der Waals surface area contributed by atoms with E-state index in [4.69, 9.17) is 9.47 Å². The number of benzene rings is 1. The summed E-state index contributed by atoms with van der Waals surface area (Å²) in [6.45, 7) is 3.81. The van der Waals surface area contributed by atoms with Crippen molar-refractivity contribution in [2.24, 2.45) is 0 Å². The first-order valence-electron chi connectivity index (χ1n) is 7.16. The van der Waals surface area contributed by atoms with Crippen LogP contribution in [-0.4, -0.2) is 25.1 Å². The van der Waals surface area contributed by atoms with Gasteiger partial charge in [-0.2, -0.15) is 0 Å². The van der Waals surface area contributed by atoms with Crippen molar-refractivity contribution in [2.45, 2.75) is 20.4 Å². The Hall–Kier alpha value is -2.76. The normalized spacial score (nSPS) is 10.3. The lowest BCUT2D eigenvalue weighted by molar-refractivity contribution is 0.0947. The van der Waals surface area contributed by atoms with E-state index in [1.54, 1.807) is 25.3 Å². The fourth-order valence-electron chi connectivity index (χ4n) is 2.35. The molecule has 6 nitrogen and oxygen atoms in total. The fourth-order valence-corrected chi connectivity index (χ4v) is 2.35. The van der Waals surface area contributed by atoms with Gasteiger partial charge in [0.05, 0.1) is 19.8 Å². The van der Waals surface area contributed by atoms with Gasteiger partial charge in [-0.3, -0.25) is 9.59 Å². The van der Waals surface area contributed by atoms with Crippen molar-refractivity contribution in [1.82, 2.24) is 10.3 Å². The van der Waals surface area contributed by atoms with Crippen LogP contribution in [0.15, 0.2) is 29.1 Å². The highest BCUT2D eigenvalue weighted by atomic mass is 16.5. The molecule has 0 unspecified atom stereocenters. The Bertz CT molecular complexity index is 781. The molecule has 0 saturated carbocycles. The topological polar surface area (TPSA) is 80.4 Å². The van der Waals surface area contributed by atoms with Crippen molar-refractivity contribution >= 4 is 5.91 Å². The lowest BCUT2D eigenvalue weighted by Crippen LogP contribution is -2.28. The molecule has 1 heterocycles. The second-order valence-electron chi connectivity index (χ2n) is 5.19. The van der Waals surface area contributed by atoms with Gasteiger partial charge >= 0.3 is 0 Å². The summed E-state index contributed by atoms with van der Waals surface area (Å²) in [5, 5.41) is 2.75. The molecule has 1 amide bonds. The maximum absolute atomic E-state index is 12.3. The summed E-state index contributed by atoms with van der Waals surface area (Å²) in [7, 11) is 3.03. The number of amides is 1. The zero-order chi connectivity index (χ0) is 17.0. The van der Waals surface area contributed by atoms with E-state index in [9.17, 15) is 9.59 Å². The fraction of sp³-hybridized carbons (Fsp3) is 0.294. The molecule has 0 aliphatic rings. The Balaban J connectivity index is 2.19. The number of methoxy groups -OCH3 is 2. The zero-order valence-corrected chi connectivity index (χ0v) is 13.6. The molecule has 6 heteroatoms. The van der Waals surface area contributed by atoms with E-state index in [0.717, 1.165) is 11.3 Å². The van der Waals surface area contributed by atoms with Gasteiger partial charge in [0, 0.05) is 23.9 Å². The van der Waals surface area contributed by atoms with E-state index in [2.05, 4.69) is 10.3 Å². The molecule has 23 heavy (non-hydrogen) atoms. The standard InChI is InChI=1S/C17H20N2O4/c1-10-7-11(2)19-17(21)14(10)9-18-16(20)13-6-5-12(22-3)8-15(13)23-4/h5-8H,9H2,1-4H3,(H,18,20)(H,19,21). The maximum atomic E-state index is 12.3. The van der Waals surface area contributed by atoms with Gasteiger partial charge in [-0.1, -0.05) is 0 Å². The van der Waals surface area contributed by atoms with Crippen LogP contribution in [0.4, 0.5) is 0 Å². The number of carbonyl (C=O) groups is 1. The van der Waals surface area contributed by atoms with E-state index < -0.39 is 0 Å². The number of nitrogens with one attached hydrogen (secondary N) is 2. The molecule has 2 rings (SSSR count). The summed E-state index contributed by atoms with van der Waals surface area (Å²) in [6.07, 6.45) is 0. The number of aryl methyl sites for hydroxylation is 2. The van der Waals surface area contributed by atoms with Gasteiger partial charge in [0.15, 0.2) is 0 Å². The number of ether oxygens (including phenoxy) is 2. The summed E-state index contributed by atoms with van der Waals surface area (Å²) < 4.78 is 10.3. The van der Waals surface area contributed by atoms with Gasteiger partial charge in [0.25, 0.3) is 11.5 Å². The van der Waals surface area contributed by atoms with Crippen LogP contribution in [0.3, 0.4) is 0 Å². The van der Waals surface area contributed by atoms with Gasteiger partial charge in [-0.25, -0.2) is 0 Å². The molecule has 0 radical (unpaired) electrons. The quantitative estimate of drug-likeness (QED) is 0.883. The highest BCUT2D eigenvalue weighted by Crippen LogP contribution is 2.24. The third-order valence-electron chi connectivity index (χ3n) is 3.57. The molecule has 1 aromatic heterocycles. The summed E-state index contributed by atoms with van der Waals surface area (Å²) >= 11 is 0. The Kier molecular flexibility index (Phi) is 5.05. The molecule has 122 valence electrons. The summed E-state index contributed by atoms with van der Waals surface area (Å²) in [6, 6.07) is 6.82. The minimum Gasteiger partial charge on any atom is -0.497 e. The number of aromatic nitrogens is 1. The van der Waals surface area contributed by atoms with Gasteiger partial charge in [0.2, 0.25) is 0 Å². The van der Waals surface area contributed by atoms with E-state index in [-0.39, 0.29) is 18.0 Å². The first-order valence-corrected chi connectivity index (χ1v) is 7.16. The zero-order valence-electron chi connectivity index (χ0n) is 13.6. The number of hydrogen-bond acceptors (Lipinski definition) is 4. The van der Waals surface area contributed by atoms with Crippen molar-refractivity contribution in [3.8, 4) is 11.5 Å². The third kappa shape index (κ3) is 3.71. The maximum Gasteiger partial charge on any atom is 0.255 e. The molecule has 0 aliphatic carbocycles. The van der Waals surface area contributed by atoms with E-state index >= 15 is 0 Å². The van der Waals surface area contributed by atoms with Crippen molar-refractivity contribution in [2.75, 3.05) is 14.2 Å². The predicted molar refractivity (Wildman–Crippen MR) is 87.3 cm³/mol. The number of carbonyl (C=O) groups excluding carboxylic acids is 1. The van der Waals surface area contributed by atoms with E-state index in [0.29, 0.717) is 22.6 Å². The van der Waals surface area contributed by atoms with Crippen LogP contribution < -0.4 is 20.3 Å². The highest BCUT2D eigenvalue weighted by Gasteiger charge is 2.14. The van der Waals surface area contributed by atoms with Crippen molar-refractivity contribution in [3.05, 3.63) is 57.0 Å². The molecular formula is C17H20N2O4. The van der Waals surface area contributed by atoms with Gasteiger partial charge in [0.1, 0.15) is 11.5 Å². The lowest BCUT2D eigenvalue weighted by Gasteiger charge is -2.11. The molecule has 0 atom stereocenters. The predicted octanol–water partition coefficient (Wildman–Crippen LogP) is 1.94. The Morgan fingerprint density at radius 3 is 2.52 bits per heavy atom. The van der Waals surface area contributed by atoms with Crippen LogP contribution in [0, 0.1) is 13.8 Å². The first-order chi connectivity index (χ1) is 11.0. The molecule has 2 aromatic rings.